The highest BCUT2D eigenvalue weighted by molar-refractivity contribution is 5.98. The Bertz CT molecular complexity index is 623. The molecule has 0 saturated heterocycles. The van der Waals surface area contributed by atoms with Gasteiger partial charge in [0.2, 0.25) is 6.41 Å². The number of amides is 1. The van der Waals surface area contributed by atoms with E-state index in [2.05, 4.69) is 0 Å². The van der Waals surface area contributed by atoms with E-state index in [9.17, 15) is 14.0 Å². The molecule has 20 heavy (non-hydrogen) atoms. The molecule has 3 nitrogen and oxygen atoms in total. The molecule has 102 valence electrons. The van der Waals surface area contributed by atoms with Crippen LogP contribution in [0, 0.1) is 5.82 Å². The lowest BCUT2D eigenvalue weighted by atomic mass is 10.0. The average molecular weight is 271 g/mol. The van der Waals surface area contributed by atoms with E-state index in [1.54, 1.807) is 43.4 Å². The van der Waals surface area contributed by atoms with Gasteiger partial charge in [-0.15, -0.1) is 0 Å². The van der Waals surface area contributed by atoms with Gasteiger partial charge >= 0.3 is 0 Å². The predicted molar refractivity (Wildman–Crippen MR) is 75.3 cm³/mol. The van der Waals surface area contributed by atoms with Crippen LogP contribution in [0.4, 0.5) is 10.1 Å². The Kier molecular flexibility index (Phi) is 4.25. The molecule has 2 aromatic rings. The summed E-state index contributed by atoms with van der Waals surface area (Å²) in [5.74, 6) is -0.436. The van der Waals surface area contributed by atoms with Crippen molar-refractivity contribution in [3.05, 3.63) is 65.5 Å². The van der Waals surface area contributed by atoms with Crippen LogP contribution < -0.4 is 4.90 Å². The summed E-state index contributed by atoms with van der Waals surface area (Å²) in [5, 5.41) is 0. The van der Waals surface area contributed by atoms with Crippen LogP contribution in [0.1, 0.15) is 15.9 Å². The van der Waals surface area contributed by atoms with Crippen molar-refractivity contribution in [2.45, 2.75) is 6.42 Å². The maximum atomic E-state index is 13.1. The molecule has 0 aliphatic carbocycles. The molecule has 0 spiro atoms. The summed E-state index contributed by atoms with van der Waals surface area (Å²) in [6.45, 7) is 0. The highest BCUT2D eigenvalue weighted by Gasteiger charge is 2.08. The summed E-state index contributed by atoms with van der Waals surface area (Å²) in [7, 11) is 1.64. The Labute approximate surface area is 116 Å². The number of anilines is 1. The summed E-state index contributed by atoms with van der Waals surface area (Å²) in [6, 6.07) is 12.7. The third-order valence-corrected chi connectivity index (χ3v) is 3.01. The molecule has 0 aliphatic heterocycles. The number of ketones is 1. The maximum Gasteiger partial charge on any atom is 0.213 e. The van der Waals surface area contributed by atoms with Crippen LogP contribution in [0.2, 0.25) is 0 Å². The van der Waals surface area contributed by atoms with Crippen molar-refractivity contribution in [2.24, 2.45) is 0 Å². The fraction of sp³-hybridized carbons (Fsp3) is 0.125. The molecule has 0 N–H and O–H groups in total. The highest BCUT2D eigenvalue weighted by Crippen LogP contribution is 2.15. The van der Waals surface area contributed by atoms with Gasteiger partial charge in [0.1, 0.15) is 5.82 Å². The number of benzene rings is 2. The van der Waals surface area contributed by atoms with Crippen molar-refractivity contribution in [2.75, 3.05) is 11.9 Å². The molecule has 0 saturated carbocycles. The molecule has 0 atom stereocenters. The zero-order valence-electron chi connectivity index (χ0n) is 11.0. The van der Waals surface area contributed by atoms with Gasteiger partial charge in [0, 0.05) is 24.7 Å². The summed E-state index contributed by atoms with van der Waals surface area (Å²) in [6.07, 6.45) is 0.851. The first-order chi connectivity index (χ1) is 9.60. The standard InChI is InChI=1S/C16H14FNO2/c1-18(11-19)15-7-5-13(6-8-15)16(20)10-12-3-2-4-14(17)9-12/h2-9,11H,10H2,1H3. The number of rotatable bonds is 5. The average Bonchev–Trinajstić information content (AvgIpc) is 2.46. The molecule has 2 rings (SSSR count). The lowest BCUT2D eigenvalue weighted by molar-refractivity contribution is -0.107. The lowest BCUT2D eigenvalue weighted by Crippen LogP contribution is -2.13. The maximum absolute atomic E-state index is 13.1. The first-order valence-corrected chi connectivity index (χ1v) is 6.16. The molecule has 1 amide bonds. The summed E-state index contributed by atoms with van der Waals surface area (Å²) in [5.41, 5.74) is 1.89. The van der Waals surface area contributed by atoms with E-state index in [1.165, 1.54) is 17.0 Å². The normalized spacial score (nSPS) is 10.1. The third kappa shape index (κ3) is 3.29. The molecule has 0 fully saturated rings. The van der Waals surface area contributed by atoms with Gasteiger partial charge in [-0.25, -0.2) is 4.39 Å². The quantitative estimate of drug-likeness (QED) is 0.619. The van der Waals surface area contributed by atoms with Crippen molar-refractivity contribution < 1.29 is 14.0 Å². The molecular formula is C16H14FNO2. The second-order valence-electron chi connectivity index (χ2n) is 4.49. The topological polar surface area (TPSA) is 37.4 Å². The second-order valence-corrected chi connectivity index (χ2v) is 4.49. The van der Waals surface area contributed by atoms with Crippen molar-refractivity contribution in [1.82, 2.24) is 0 Å². The zero-order valence-corrected chi connectivity index (χ0v) is 11.0. The van der Waals surface area contributed by atoms with Crippen LogP contribution in [0.5, 0.6) is 0 Å². The fourth-order valence-corrected chi connectivity index (χ4v) is 1.88. The van der Waals surface area contributed by atoms with Gasteiger partial charge < -0.3 is 4.90 Å². The van der Waals surface area contributed by atoms with Gasteiger partial charge in [-0.3, -0.25) is 9.59 Å². The van der Waals surface area contributed by atoms with Crippen LogP contribution in [0.3, 0.4) is 0 Å². The molecule has 0 unspecified atom stereocenters. The van der Waals surface area contributed by atoms with E-state index in [4.69, 9.17) is 0 Å². The van der Waals surface area contributed by atoms with Gasteiger partial charge in [-0.1, -0.05) is 12.1 Å². The number of carbonyl (C=O) groups is 2. The highest BCUT2D eigenvalue weighted by atomic mass is 19.1. The SMILES string of the molecule is CN(C=O)c1ccc(C(=O)Cc2cccc(F)c2)cc1. The predicted octanol–water partition coefficient (Wildman–Crippen LogP) is 2.84. The summed E-state index contributed by atoms with van der Waals surface area (Å²) in [4.78, 5) is 24.1. The van der Waals surface area contributed by atoms with Crippen molar-refractivity contribution >= 4 is 17.9 Å². The van der Waals surface area contributed by atoms with E-state index < -0.39 is 0 Å². The number of Topliss-reactive ketones (excluding diaryl/α,β-unsaturated/α-hetero) is 1. The van der Waals surface area contributed by atoms with E-state index >= 15 is 0 Å². The largest absolute Gasteiger partial charge is 0.318 e. The fourth-order valence-electron chi connectivity index (χ4n) is 1.88. The number of halogens is 1. The number of hydrogen-bond acceptors (Lipinski definition) is 2. The van der Waals surface area contributed by atoms with Crippen LogP contribution in [-0.2, 0) is 11.2 Å². The number of carbonyl (C=O) groups excluding carboxylic acids is 2. The zero-order chi connectivity index (χ0) is 14.5. The Morgan fingerprint density at radius 1 is 1.20 bits per heavy atom. The van der Waals surface area contributed by atoms with E-state index in [1.807, 2.05) is 0 Å². The van der Waals surface area contributed by atoms with Crippen LogP contribution in [0.15, 0.2) is 48.5 Å². The first-order valence-electron chi connectivity index (χ1n) is 6.16. The summed E-state index contributed by atoms with van der Waals surface area (Å²) < 4.78 is 13.1. The van der Waals surface area contributed by atoms with Crippen LogP contribution in [-0.4, -0.2) is 19.2 Å². The van der Waals surface area contributed by atoms with Gasteiger partial charge in [-0.2, -0.15) is 0 Å². The minimum absolute atomic E-state index is 0.0871. The Morgan fingerprint density at radius 3 is 2.50 bits per heavy atom. The van der Waals surface area contributed by atoms with Gasteiger partial charge in [-0.05, 0) is 42.0 Å². The summed E-state index contributed by atoms with van der Waals surface area (Å²) >= 11 is 0. The van der Waals surface area contributed by atoms with E-state index in [0.717, 1.165) is 0 Å². The van der Waals surface area contributed by atoms with Gasteiger partial charge in [0.05, 0.1) is 0 Å². The van der Waals surface area contributed by atoms with Gasteiger partial charge in [0.25, 0.3) is 0 Å². The molecule has 4 heteroatoms. The van der Waals surface area contributed by atoms with Crippen molar-refractivity contribution in [3.63, 3.8) is 0 Å². The lowest BCUT2D eigenvalue weighted by Gasteiger charge is -2.10. The molecule has 0 aromatic heterocycles. The van der Waals surface area contributed by atoms with Crippen molar-refractivity contribution in [1.29, 1.82) is 0 Å². The number of hydrogen-bond donors (Lipinski definition) is 0. The minimum Gasteiger partial charge on any atom is -0.318 e. The third-order valence-electron chi connectivity index (χ3n) is 3.01. The molecule has 0 bridgehead atoms. The Morgan fingerprint density at radius 2 is 1.90 bits per heavy atom. The molecule has 0 radical (unpaired) electrons. The smallest absolute Gasteiger partial charge is 0.213 e. The Balaban J connectivity index is 2.11. The molecule has 0 aliphatic rings. The van der Waals surface area contributed by atoms with E-state index in [0.29, 0.717) is 23.2 Å². The number of nitrogens with zero attached hydrogens (tertiary/aromatic N) is 1. The Hall–Kier alpha value is -2.49. The van der Waals surface area contributed by atoms with Crippen molar-refractivity contribution in [3.8, 4) is 0 Å². The first kappa shape index (κ1) is 13.9. The molecule has 2 aromatic carbocycles. The minimum atomic E-state index is -0.349. The van der Waals surface area contributed by atoms with Crippen LogP contribution in [0.25, 0.3) is 0 Å². The monoisotopic (exact) mass is 271 g/mol. The second kappa shape index (κ2) is 6.10. The molecule has 0 heterocycles. The van der Waals surface area contributed by atoms with Crippen LogP contribution >= 0.6 is 0 Å². The van der Waals surface area contributed by atoms with Gasteiger partial charge in [0.15, 0.2) is 5.78 Å². The van der Waals surface area contributed by atoms with E-state index in [-0.39, 0.29) is 18.0 Å². The molecular weight excluding hydrogens is 257 g/mol.